The SMILES string of the molecule is CN(c1csc(C=O)c1)C1CCCCC1. The summed E-state index contributed by atoms with van der Waals surface area (Å²) in [6, 6.07) is 2.67. The van der Waals surface area contributed by atoms with Crippen molar-refractivity contribution in [1.82, 2.24) is 0 Å². The Labute approximate surface area is 94.9 Å². The molecule has 3 heteroatoms. The maximum atomic E-state index is 10.6. The lowest BCUT2D eigenvalue weighted by molar-refractivity contribution is 0.112. The van der Waals surface area contributed by atoms with Gasteiger partial charge < -0.3 is 4.90 Å². The minimum Gasteiger partial charge on any atom is -0.371 e. The van der Waals surface area contributed by atoms with Crippen molar-refractivity contribution < 1.29 is 4.79 Å². The van der Waals surface area contributed by atoms with Gasteiger partial charge in [0, 0.05) is 24.2 Å². The van der Waals surface area contributed by atoms with Gasteiger partial charge in [0.25, 0.3) is 0 Å². The van der Waals surface area contributed by atoms with Crippen molar-refractivity contribution in [3.05, 3.63) is 16.3 Å². The molecule has 0 saturated heterocycles. The van der Waals surface area contributed by atoms with Crippen LogP contribution in [0.4, 0.5) is 5.69 Å². The zero-order valence-electron chi connectivity index (χ0n) is 9.11. The Morgan fingerprint density at radius 1 is 1.40 bits per heavy atom. The lowest BCUT2D eigenvalue weighted by Gasteiger charge is -2.32. The molecule has 0 spiro atoms. The molecule has 1 aliphatic rings. The van der Waals surface area contributed by atoms with Crippen molar-refractivity contribution in [1.29, 1.82) is 0 Å². The zero-order chi connectivity index (χ0) is 10.7. The summed E-state index contributed by atoms with van der Waals surface area (Å²) in [4.78, 5) is 13.8. The van der Waals surface area contributed by atoms with Crippen LogP contribution in [-0.4, -0.2) is 19.4 Å². The number of anilines is 1. The van der Waals surface area contributed by atoms with Crippen LogP contribution in [0.3, 0.4) is 0 Å². The van der Waals surface area contributed by atoms with Crippen LogP contribution in [0.25, 0.3) is 0 Å². The molecule has 1 aromatic rings. The minimum atomic E-state index is 0.674. The lowest BCUT2D eigenvalue weighted by Crippen LogP contribution is -2.32. The second-order valence-electron chi connectivity index (χ2n) is 4.23. The molecule has 0 radical (unpaired) electrons. The number of nitrogens with zero attached hydrogens (tertiary/aromatic N) is 1. The Morgan fingerprint density at radius 2 is 2.13 bits per heavy atom. The summed E-state index contributed by atoms with van der Waals surface area (Å²) in [7, 11) is 2.15. The van der Waals surface area contributed by atoms with Gasteiger partial charge in [0.05, 0.1) is 4.88 Å². The van der Waals surface area contributed by atoms with Crippen LogP contribution in [0.2, 0.25) is 0 Å². The van der Waals surface area contributed by atoms with E-state index >= 15 is 0 Å². The fourth-order valence-electron chi connectivity index (χ4n) is 2.27. The first kappa shape index (κ1) is 10.7. The molecule has 0 amide bonds. The Bertz CT molecular complexity index is 328. The summed E-state index contributed by atoms with van der Waals surface area (Å²) in [5.74, 6) is 0. The van der Waals surface area contributed by atoms with Crippen molar-refractivity contribution in [3.8, 4) is 0 Å². The van der Waals surface area contributed by atoms with Crippen molar-refractivity contribution in [3.63, 3.8) is 0 Å². The molecule has 1 heterocycles. The molecule has 1 saturated carbocycles. The van der Waals surface area contributed by atoms with Crippen LogP contribution >= 0.6 is 11.3 Å². The summed E-state index contributed by atoms with van der Waals surface area (Å²) >= 11 is 1.53. The fourth-order valence-corrected chi connectivity index (χ4v) is 3.00. The second kappa shape index (κ2) is 4.79. The Balaban J connectivity index is 2.05. The third-order valence-electron chi connectivity index (χ3n) is 3.25. The summed E-state index contributed by atoms with van der Waals surface area (Å²) in [6.07, 6.45) is 7.60. The summed E-state index contributed by atoms with van der Waals surface area (Å²) in [5.41, 5.74) is 1.20. The van der Waals surface area contributed by atoms with E-state index in [2.05, 4.69) is 17.3 Å². The Kier molecular flexibility index (Phi) is 3.41. The van der Waals surface area contributed by atoms with Gasteiger partial charge in [0.2, 0.25) is 0 Å². The van der Waals surface area contributed by atoms with E-state index in [4.69, 9.17) is 0 Å². The highest BCUT2D eigenvalue weighted by atomic mass is 32.1. The lowest BCUT2D eigenvalue weighted by atomic mass is 9.94. The van der Waals surface area contributed by atoms with Gasteiger partial charge in [-0.05, 0) is 18.9 Å². The highest BCUT2D eigenvalue weighted by molar-refractivity contribution is 7.12. The standard InChI is InChI=1S/C12H17NOS/c1-13(10-5-3-2-4-6-10)11-7-12(8-14)15-9-11/h7-10H,2-6H2,1H3. The molecule has 0 aromatic carbocycles. The largest absolute Gasteiger partial charge is 0.371 e. The summed E-state index contributed by atoms with van der Waals surface area (Å²) in [5, 5.41) is 2.08. The molecule has 15 heavy (non-hydrogen) atoms. The molecule has 0 unspecified atom stereocenters. The van der Waals surface area contributed by atoms with Gasteiger partial charge in [-0.3, -0.25) is 4.79 Å². The van der Waals surface area contributed by atoms with Gasteiger partial charge in [-0.1, -0.05) is 19.3 Å². The van der Waals surface area contributed by atoms with Crippen molar-refractivity contribution in [2.45, 2.75) is 38.1 Å². The minimum absolute atomic E-state index is 0.674. The number of carbonyl (C=O) groups excluding carboxylic acids is 1. The molecule has 2 rings (SSSR count). The molecule has 0 atom stereocenters. The number of hydrogen-bond acceptors (Lipinski definition) is 3. The van der Waals surface area contributed by atoms with Crippen molar-refractivity contribution in [2.24, 2.45) is 0 Å². The molecule has 82 valence electrons. The first-order valence-electron chi connectivity index (χ1n) is 5.58. The van der Waals surface area contributed by atoms with Gasteiger partial charge in [0.1, 0.15) is 0 Å². The number of aldehydes is 1. The maximum Gasteiger partial charge on any atom is 0.160 e. The molecular weight excluding hydrogens is 206 g/mol. The van der Waals surface area contributed by atoms with E-state index in [9.17, 15) is 4.79 Å². The van der Waals surface area contributed by atoms with Crippen LogP contribution in [-0.2, 0) is 0 Å². The molecular formula is C12H17NOS. The predicted molar refractivity (Wildman–Crippen MR) is 65.0 cm³/mol. The first-order chi connectivity index (χ1) is 7.31. The van der Waals surface area contributed by atoms with E-state index in [1.54, 1.807) is 0 Å². The highest BCUT2D eigenvalue weighted by Gasteiger charge is 2.18. The molecule has 1 fully saturated rings. The number of carbonyl (C=O) groups is 1. The number of hydrogen-bond donors (Lipinski definition) is 0. The van der Waals surface area contributed by atoms with Crippen LogP contribution < -0.4 is 4.90 Å². The molecule has 2 nitrogen and oxygen atoms in total. The zero-order valence-corrected chi connectivity index (χ0v) is 9.93. The van der Waals surface area contributed by atoms with Gasteiger partial charge >= 0.3 is 0 Å². The van der Waals surface area contributed by atoms with Gasteiger partial charge in [-0.25, -0.2) is 0 Å². The van der Waals surface area contributed by atoms with Gasteiger partial charge in [0.15, 0.2) is 6.29 Å². The smallest absolute Gasteiger partial charge is 0.160 e. The quantitative estimate of drug-likeness (QED) is 0.733. The predicted octanol–water partition coefficient (Wildman–Crippen LogP) is 3.33. The average molecular weight is 223 g/mol. The molecule has 0 bridgehead atoms. The second-order valence-corrected chi connectivity index (χ2v) is 5.17. The van der Waals surface area contributed by atoms with E-state index < -0.39 is 0 Å². The molecule has 1 aliphatic carbocycles. The Morgan fingerprint density at radius 3 is 2.73 bits per heavy atom. The first-order valence-corrected chi connectivity index (χ1v) is 6.46. The van der Waals surface area contributed by atoms with Gasteiger partial charge in [-0.2, -0.15) is 0 Å². The van der Waals surface area contributed by atoms with Crippen LogP contribution in [0.5, 0.6) is 0 Å². The molecule has 0 aliphatic heterocycles. The van der Waals surface area contributed by atoms with E-state index in [0.29, 0.717) is 6.04 Å². The van der Waals surface area contributed by atoms with E-state index in [1.807, 2.05) is 6.07 Å². The molecule has 0 N–H and O–H groups in total. The van der Waals surface area contributed by atoms with E-state index in [1.165, 1.54) is 49.1 Å². The van der Waals surface area contributed by atoms with E-state index in [-0.39, 0.29) is 0 Å². The highest BCUT2D eigenvalue weighted by Crippen LogP contribution is 2.28. The van der Waals surface area contributed by atoms with Crippen LogP contribution in [0.15, 0.2) is 11.4 Å². The van der Waals surface area contributed by atoms with Crippen molar-refractivity contribution >= 4 is 23.3 Å². The molecule has 1 aromatic heterocycles. The maximum absolute atomic E-state index is 10.6. The number of thiophene rings is 1. The fraction of sp³-hybridized carbons (Fsp3) is 0.583. The van der Waals surface area contributed by atoms with E-state index in [0.717, 1.165) is 11.2 Å². The number of rotatable bonds is 3. The van der Waals surface area contributed by atoms with Gasteiger partial charge in [-0.15, -0.1) is 11.3 Å². The third-order valence-corrected chi connectivity index (χ3v) is 4.10. The van der Waals surface area contributed by atoms with Crippen LogP contribution in [0.1, 0.15) is 41.8 Å². The van der Waals surface area contributed by atoms with Crippen molar-refractivity contribution in [2.75, 3.05) is 11.9 Å². The Hall–Kier alpha value is -0.830. The summed E-state index contributed by atoms with van der Waals surface area (Å²) in [6.45, 7) is 0. The summed E-state index contributed by atoms with van der Waals surface area (Å²) < 4.78 is 0. The van der Waals surface area contributed by atoms with Crippen LogP contribution in [0, 0.1) is 0 Å². The normalized spacial score (nSPS) is 17.7. The third kappa shape index (κ3) is 2.40. The average Bonchev–Trinajstić information content (AvgIpc) is 2.78. The topological polar surface area (TPSA) is 20.3 Å². The monoisotopic (exact) mass is 223 g/mol.